The first-order valence-electron chi connectivity index (χ1n) is 7.99. The first kappa shape index (κ1) is 13.9. The Kier molecular flexibility index (Phi) is 3.53. The Morgan fingerprint density at radius 1 is 1.15 bits per heavy atom. The first-order valence-corrected chi connectivity index (χ1v) is 7.99. The molecule has 20 heavy (non-hydrogen) atoms. The molecular formula is C18H27NO. The van der Waals surface area contributed by atoms with E-state index in [0.717, 1.165) is 18.7 Å². The molecule has 1 aliphatic heterocycles. The van der Waals surface area contributed by atoms with Crippen LogP contribution in [0, 0.1) is 5.41 Å². The van der Waals surface area contributed by atoms with Crippen molar-refractivity contribution >= 4 is 0 Å². The Bertz CT molecular complexity index is 474. The summed E-state index contributed by atoms with van der Waals surface area (Å²) >= 11 is 0. The molecule has 0 saturated heterocycles. The van der Waals surface area contributed by atoms with Crippen molar-refractivity contribution in [2.24, 2.45) is 5.41 Å². The van der Waals surface area contributed by atoms with Crippen LogP contribution in [0.25, 0.3) is 0 Å². The van der Waals surface area contributed by atoms with Crippen molar-refractivity contribution in [2.45, 2.75) is 64.5 Å². The maximum Gasteiger partial charge on any atom is 0.124 e. The molecule has 1 aliphatic carbocycles. The fourth-order valence-corrected chi connectivity index (χ4v) is 3.76. The van der Waals surface area contributed by atoms with Crippen LogP contribution in [0.3, 0.4) is 0 Å². The molecule has 0 amide bonds. The molecule has 0 spiro atoms. The summed E-state index contributed by atoms with van der Waals surface area (Å²) in [5.41, 5.74) is 1.74. The monoisotopic (exact) mass is 273 g/mol. The van der Waals surface area contributed by atoms with Crippen molar-refractivity contribution < 1.29 is 4.74 Å². The maximum atomic E-state index is 6.11. The number of rotatable bonds is 3. The van der Waals surface area contributed by atoms with Gasteiger partial charge in [-0.05, 0) is 38.2 Å². The Labute approximate surface area is 122 Å². The second kappa shape index (κ2) is 5.07. The van der Waals surface area contributed by atoms with Crippen LogP contribution in [-0.2, 0) is 0 Å². The molecule has 1 aromatic rings. The van der Waals surface area contributed by atoms with Gasteiger partial charge >= 0.3 is 0 Å². The summed E-state index contributed by atoms with van der Waals surface area (Å²) in [6.45, 7) is 7.94. The van der Waals surface area contributed by atoms with Gasteiger partial charge in [0.05, 0.1) is 0 Å². The molecule has 0 bridgehead atoms. The van der Waals surface area contributed by atoms with E-state index in [2.05, 4.69) is 50.4 Å². The maximum absolute atomic E-state index is 6.11. The number of para-hydroxylation sites is 1. The average Bonchev–Trinajstić information content (AvgIpc) is 2.82. The number of fused-ring (bicyclic) bond motifs is 1. The average molecular weight is 273 g/mol. The van der Waals surface area contributed by atoms with Gasteiger partial charge in [0, 0.05) is 24.6 Å². The number of hydrogen-bond donors (Lipinski definition) is 1. The predicted molar refractivity (Wildman–Crippen MR) is 83.1 cm³/mol. The fraction of sp³-hybridized carbons (Fsp3) is 0.667. The summed E-state index contributed by atoms with van der Waals surface area (Å²) in [6.07, 6.45) is 6.57. The number of nitrogens with one attached hydrogen (secondary N) is 1. The molecule has 1 aromatic carbocycles. The Morgan fingerprint density at radius 3 is 2.60 bits per heavy atom. The second-order valence-corrected chi connectivity index (χ2v) is 7.55. The quantitative estimate of drug-likeness (QED) is 0.878. The predicted octanol–water partition coefficient (Wildman–Crippen LogP) is 4.46. The van der Waals surface area contributed by atoms with Gasteiger partial charge in [0.1, 0.15) is 11.4 Å². The zero-order valence-electron chi connectivity index (χ0n) is 13.0. The van der Waals surface area contributed by atoms with E-state index in [1.54, 1.807) is 0 Å². The van der Waals surface area contributed by atoms with Gasteiger partial charge in [-0.2, -0.15) is 0 Å². The van der Waals surface area contributed by atoms with Crippen LogP contribution in [0.5, 0.6) is 5.75 Å². The highest BCUT2D eigenvalue weighted by atomic mass is 16.5. The van der Waals surface area contributed by atoms with Crippen molar-refractivity contribution in [1.82, 2.24) is 5.32 Å². The zero-order chi connectivity index (χ0) is 14.2. The van der Waals surface area contributed by atoms with Crippen LogP contribution in [0.4, 0.5) is 0 Å². The highest BCUT2D eigenvalue weighted by Gasteiger charge is 2.35. The summed E-state index contributed by atoms with van der Waals surface area (Å²) in [7, 11) is 0. The van der Waals surface area contributed by atoms with Crippen molar-refractivity contribution in [2.75, 3.05) is 6.54 Å². The van der Waals surface area contributed by atoms with Gasteiger partial charge in [0.25, 0.3) is 0 Å². The molecule has 1 unspecified atom stereocenters. The van der Waals surface area contributed by atoms with Gasteiger partial charge in [0.15, 0.2) is 0 Å². The summed E-state index contributed by atoms with van der Waals surface area (Å²) in [4.78, 5) is 0. The molecular weight excluding hydrogens is 246 g/mol. The minimum Gasteiger partial charge on any atom is -0.487 e. The molecule has 1 fully saturated rings. The lowest BCUT2D eigenvalue weighted by atomic mass is 9.86. The van der Waals surface area contributed by atoms with Gasteiger partial charge in [-0.15, -0.1) is 0 Å². The first-order chi connectivity index (χ1) is 9.48. The third-order valence-electron chi connectivity index (χ3n) is 4.96. The van der Waals surface area contributed by atoms with Crippen LogP contribution in [0.2, 0.25) is 0 Å². The number of hydrogen-bond acceptors (Lipinski definition) is 2. The Morgan fingerprint density at radius 2 is 1.85 bits per heavy atom. The largest absolute Gasteiger partial charge is 0.487 e. The summed E-state index contributed by atoms with van der Waals surface area (Å²) in [5, 5.41) is 3.84. The highest BCUT2D eigenvalue weighted by Crippen LogP contribution is 2.41. The lowest BCUT2D eigenvalue weighted by molar-refractivity contribution is 0.0636. The molecule has 2 aliphatic rings. The normalized spacial score (nSPS) is 26.9. The summed E-state index contributed by atoms with van der Waals surface area (Å²) < 4.78 is 6.11. The molecule has 1 N–H and O–H groups in total. The van der Waals surface area contributed by atoms with Crippen molar-refractivity contribution in [3.63, 3.8) is 0 Å². The van der Waals surface area contributed by atoms with Crippen LogP contribution < -0.4 is 10.1 Å². The molecule has 2 heteroatoms. The smallest absolute Gasteiger partial charge is 0.124 e. The second-order valence-electron chi connectivity index (χ2n) is 7.55. The summed E-state index contributed by atoms with van der Waals surface area (Å²) in [6, 6.07) is 8.91. The van der Waals surface area contributed by atoms with Gasteiger partial charge in [-0.1, -0.05) is 38.0 Å². The van der Waals surface area contributed by atoms with Gasteiger partial charge in [-0.3, -0.25) is 0 Å². The fourth-order valence-electron chi connectivity index (χ4n) is 3.76. The lowest BCUT2D eigenvalue weighted by Crippen LogP contribution is -2.42. The standard InChI is InChI=1S/C18H27NO/c1-17(2)12-15(14-8-4-5-9-16(14)20-17)19-13-18(3)10-6-7-11-18/h4-5,8-9,15,19H,6-7,10-13H2,1-3H3. The van der Waals surface area contributed by atoms with Gasteiger partial charge in [0.2, 0.25) is 0 Å². The molecule has 1 saturated carbocycles. The van der Waals surface area contributed by atoms with E-state index in [-0.39, 0.29) is 5.60 Å². The third kappa shape index (κ3) is 2.85. The molecule has 0 aromatic heterocycles. The Balaban J connectivity index is 1.75. The van der Waals surface area contributed by atoms with Crippen molar-refractivity contribution in [1.29, 1.82) is 0 Å². The molecule has 110 valence electrons. The molecule has 1 heterocycles. The molecule has 2 nitrogen and oxygen atoms in total. The van der Waals surface area contributed by atoms with Gasteiger partial charge < -0.3 is 10.1 Å². The van der Waals surface area contributed by atoms with E-state index in [4.69, 9.17) is 4.74 Å². The van der Waals surface area contributed by atoms with E-state index in [1.165, 1.54) is 31.2 Å². The van der Waals surface area contributed by atoms with E-state index >= 15 is 0 Å². The van der Waals surface area contributed by atoms with Crippen LogP contribution in [-0.4, -0.2) is 12.1 Å². The minimum atomic E-state index is -0.0808. The van der Waals surface area contributed by atoms with Crippen LogP contribution in [0.15, 0.2) is 24.3 Å². The minimum absolute atomic E-state index is 0.0808. The Hall–Kier alpha value is -1.02. The molecule has 0 radical (unpaired) electrons. The number of ether oxygens (including phenoxy) is 1. The van der Waals surface area contributed by atoms with Crippen molar-refractivity contribution in [3.05, 3.63) is 29.8 Å². The molecule has 3 rings (SSSR count). The summed E-state index contributed by atoms with van der Waals surface area (Å²) in [5.74, 6) is 1.05. The van der Waals surface area contributed by atoms with Crippen LogP contribution in [0.1, 0.15) is 64.5 Å². The molecule has 1 atom stereocenters. The number of benzene rings is 1. The van der Waals surface area contributed by atoms with E-state index in [0.29, 0.717) is 11.5 Å². The van der Waals surface area contributed by atoms with Crippen LogP contribution >= 0.6 is 0 Å². The van der Waals surface area contributed by atoms with E-state index in [9.17, 15) is 0 Å². The van der Waals surface area contributed by atoms with Gasteiger partial charge in [-0.25, -0.2) is 0 Å². The SMILES string of the molecule is CC1(CNC2CC(C)(C)Oc3ccccc32)CCCC1. The third-order valence-corrected chi connectivity index (χ3v) is 4.96. The topological polar surface area (TPSA) is 21.3 Å². The highest BCUT2D eigenvalue weighted by molar-refractivity contribution is 5.38. The zero-order valence-corrected chi connectivity index (χ0v) is 13.0. The lowest BCUT2D eigenvalue weighted by Gasteiger charge is -2.39. The van der Waals surface area contributed by atoms with E-state index < -0.39 is 0 Å². The van der Waals surface area contributed by atoms with Crippen molar-refractivity contribution in [3.8, 4) is 5.75 Å². The van der Waals surface area contributed by atoms with E-state index in [1.807, 2.05) is 0 Å².